The second kappa shape index (κ2) is 5.18. The molecule has 110 valence electrons. The Bertz CT molecular complexity index is 899. The van der Waals surface area contributed by atoms with E-state index in [-0.39, 0.29) is 11.0 Å². The molecule has 0 radical (unpaired) electrons. The minimum Gasteiger partial charge on any atom is -0.338 e. The highest BCUT2D eigenvalue weighted by molar-refractivity contribution is 8.13. The summed E-state index contributed by atoms with van der Waals surface area (Å²) in [6.45, 7) is 0. The van der Waals surface area contributed by atoms with E-state index in [4.69, 9.17) is 11.6 Å². The molecule has 0 spiro atoms. The molecule has 0 N–H and O–H groups in total. The van der Waals surface area contributed by atoms with Crippen LogP contribution in [0.25, 0.3) is 10.9 Å². The van der Waals surface area contributed by atoms with Crippen LogP contribution in [0.4, 0.5) is 0 Å². The number of benzene rings is 2. The molecule has 4 heteroatoms. The van der Waals surface area contributed by atoms with Crippen LogP contribution in [0, 0.1) is 0 Å². The number of thioether (sulfide) groups is 1. The van der Waals surface area contributed by atoms with Gasteiger partial charge in [-0.2, -0.15) is 0 Å². The number of carbonyl (C=O) groups is 1. The molecular weight excluding hydrogens is 314 g/mol. The van der Waals surface area contributed by atoms with Crippen molar-refractivity contribution in [3.05, 3.63) is 64.7 Å². The first-order valence-corrected chi connectivity index (χ1v) is 8.38. The largest absolute Gasteiger partial charge is 0.338 e. The quantitative estimate of drug-likeness (QED) is 0.628. The Morgan fingerprint density at radius 3 is 2.68 bits per heavy atom. The van der Waals surface area contributed by atoms with Gasteiger partial charge >= 0.3 is 0 Å². The van der Waals surface area contributed by atoms with E-state index < -0.39 is 0 Å². The Morgan fingerprint density at radius 2 is 1.86 bits per heavy atom. The number of rotatable bonds is 1. The van der Waals surface area contributed by atoms with Crippen molar-refractivity contribution in [3.8, 4) is 0 Å². The average molecular weight is 328 g/mol. The smallest absolute Gasteiger partial charge is 0.196 e. The normalized spacial score (nSPS) is 17.7. The Kier molecular flexibility index (Phi) is 3.28. The monoisotopic (exact) mass is 327 g/mol. The number of halogens is 1. The van der Waals surface area contributed by atoms with E-state index in [0.29, 0.717) is 6.42 Å². The molecule has 2 aromatic carbocycles. The molecule has 0 bridgehead atoms. The molecule has 1 aromatic heterocycles. The van der Waals surface area contributed by atoms with Gasteiger partial charge < -0.3 is 4.57 Å². The number of fused-ring (bicyclic) bond motifs is 3. The molecule has 0 saturated carbocycles. The summed E-state index contributed by atoms with van der Waals surface area (Å²) in [4.78, 5) is 12.3. The first-order valence-electron chi connectivity index (χ1n) is 7.19. The lowest BCUT2D eigenvalue weighted by Gasteiger charge is -2.23. The van der Waals surface area contributed by atoms with Crippen molar-refractivity contribution < 1.29 is 4.79 Å². The van der Waals surface area contributed by atoms with Crippen LogP contribution >= 0.6 is 23.4 Å². The number of carbonyl (C=O) groups excluding carboxylic acids is 1. The van der Waals surface area contributed by atoms with Gasteiger partial charge in [-0.05, 0) is 29.5 Å². The van der Waals surface area contributed by atoms with Crippen molar-refractivity contribution in [1.29, 1.82) is 0 Å². The summed E-state index contributed by atoms with van der Waals surface area (Å²) < 4.78 is 2.12. The van der Waals surface area contributed by atoms with Crippen molar-refractivity contribution in [3.63, 3.8) is 0 Å². The highest BCUT2D eigenvalue weighted by atomic mass is 35.5. The number of aryl methyl sites for hydroxylation is 1. The van der Waals surface area contributed by atoms with E-state index in [1.54, 1.807) is 0 Å². The molecule has 2 nitrogen and oxygen atoms in total. The van der Waals surface area contributed by atoms with Crippen molar-refractivity contribution in [1.82, 2.24) is 4.57 Å². The zero-order valence-corrected chi connectivity index (χ0v) is 13.6. The van der Waals surface area contributed by atoms with Gasteiger partial charge in [0.1, 0.15) is 0 Å². The van der Waals surface area contributed by atoms with Crippen LogP contribution in [0.2, 0.25) is 5.02 Å². The number of hydrogen-bond acceptors (Lipinski definition) is 2. The highest BCUT2D eigenvalue weighted by Crippen LogP contribution is 2.47. The predicted molar refractivity (Wildman–Crippen MR) is 91.7 cm³/mol. The molecule has 22 heavy (non-hydrogen) atoms. The van der Waals surface area contributed by atoms with Crippen LogP contribution in [0.1, 0.15) is 23.5 Å². The number of nitrogens with zero attached hydrogens (tertiary/aromatic N) is 1. The second-order valence-electron chi connectivity index (χ2n) is 5.55. The molecule has 0 saturated heterocycles. The average Bonchev–Trinajstić information content (AvgIpc) is 2.81. The van der Waals surface area contributed by atoms with Gasteiger partial charge in [0.15, 0.2) is 5.12 Å². The number of hydrogen-bond donors (Lipinski definition) is 0. The third kappa shape index (κ3) is 2.00. The lowest BCUT2D eigenvalue weighted by molar-refractivity contribution is -0.111. The molecule has 1 aliphatic rings. The van der Waals surface area contributed by atoms with Crippen LogP contribution in [0.3, 0.4) is 0 Å². The fourth-order valence-corrected chi connectivity index (χ4v) is 4.63. The molecule has 2 heterocycles. The van der Waals surface area contributed by atoms with Crippen molar-refractivity contribution in [2.24, 2.45) is 7.05 Å². The first-order chi connectivity index (χ1) is 10.7. The Morgan fingerprint density at radius 1 is 1.14 bits per heavy atom. The third-order valence-corrected chi connectivity index (χ3v) is 5.73. The van der Waals surface area contributed by atoms with Gasteiger partial charge in [0.05, 0.1) is 5.03 Å². The van der Waals surface area contributed by atoms with Crippen LogP contribution in [0.15, 0.2) is 53.6 Å². The summed E-state index contributed by atoms with van der Waals surface area (Å²) in [6.07, 6.45) is 0.495. The minimum absolute atomic E-state index is 0.0311. The summed E-state index contributed by atoms with van der Waals surface area (Å²) in [6, 6.07) is 16.2. The lowest BCUT2D eigenvalue weighted by atomic mass is 9.88. The number of para-hydroxylation sites is 1. The van der Waals surface area contributed by atoms with Crippen LogP contribution in [0.5, 0.6) is 0 Å². The topological polar surface area (TPSA) is 22.0 Å². The van der Waals surface area contributed by atoms with Gasteiger partial charge in [-0.25, -0.2) is 0 Å². The fourth-order valence-electron chi connectivity index (χ4n) is 3.30. The minimum atomic E-state index is 0.0311. The van der Waals surface area contributed by atoms with E-state index >= 15 is 0 Å². The summed E-state index contributed by atoms with van der Waals surface area (Å²) in [5.74, 6) is 0.0311. The molecule has 0 aliphatic carbocycles. The van der Waals surface area contributed by atoms with Crippen molar-refractivity contribution in [2.75, 3.05) is 0 Å². The van der Waals surface area contributed by atoms with Gasteiger partial charge in [-0.3, -0.25) is 4.79 Å². The maximum Gasteiger partial charge on any atom is 0.196 e. The molecule has 0 amide bonds. The molecule has 4 rings (SSSR count). The van der Waals surface area contributed by atoms with Crippen molar-refractivity contribution in [2.45, 2.75) is 17.4 Å². The van der Waals surface area contributed by atoms with Crippen LogP contribution in [-0.2, 0) is 11.8 Å². The lowest BCUT2D eigenvalue weighted by Crippen LogP contribution is -2.13. The summed E-state index contributed by atoms with van der Waals surface area (Å²) in [5.41, 5.74) is 3.43. The molecular formula is C18H14ClNOS. The van der Waals surface area contributed by atoms with Crippen molar-refractivity contribution >= 4 is 39.4 Å². The molecule has 1 aliphatic heterocycles. The Labute approximate surface area is 138 Å². The maximum atomic E-state index is 12.3. The van der Waals surface area contributed by atoms with Crippen LogP contribution in [-0.4, -0.2) is 9.68 Å². The van der Waals surface area contributed by atoms with Gasteiger partial charge in [0, 0.05) is 40.9 Å². The van der Waals surface area contributed by atoms with E-state index in [1.165, 1.54) is 22.7 Å². The Balaban J connectivity index is 2.03. The SMILES string of the molecule is Cn1c2c(c3ccccc31)[C@@H](c1ccccc1Cl)CC(=O)S2. The first kappa shape index (κ1) is 13.9. The van der Waals surface area contributed by atoms with E-state index in [9.17, 15) is 4.79 Å². The fraction of sp³-hybridized carbons (Fsp3) is 0.167. The third-order valence-electron chi connectivity index (χ3n) is 4.30. The molecule has 1 atom stereocenters. The zero-order valence-electron chi connectivity index (χ0n) is 12.0. The summed E-state index contributed by atoms with van der Waals surface area (Å²) >= 11 is 7.75. The molecule has 3 aromatic rings. The second-order valence-corrected chi connectivity index (χ2v) is 7.00. The van der Waals surface area contributed by atoms with Gasteiger partial charge in [-0.1, -0.05) is 48.0 Å². The molecule has 0 unspecified atom stereocenters. The predicted octanol–water partition coefficient (Wildman–Crippen LogP) is 4.99. The standard InChI is InChI=1S/C18H14ClNOS/c1-20-15-9-5-3-7-12(15)17-13(10-16(21)22-18(17)20)11-6-2-4-8-14(11)19/h2-9,13H,10H2,1H3/t13-/m1/s1. The maximum absolute atomic E-state index is 12.3. The van der Waals surface area contributed by atoms with Crippen LogP contribution < -0.4 is 0 Å². The number of aromatic nitrogens is 1. The molecule has 0 fully saturated rings. The highest BCUT2D eigenvalue weighted by Gasteiger charge is 2.33. The van der Waals surface area contributed by atoms with Gasteiger partial charge in [0.25, 0.3) is 0 Å². The van der Waals surface area contributed by atoms with E-state index in [1.807, 2.05) is 43.4 Å². The van der Waals surface area contributed by atoms with Gasteiger partial charge in [-0.15, -0.1) is 0 Å². The Hall–Kier alpha value is -1.71. The van der Waals surface area contributed by atoms with E-state index in [2.05, 4.69) is 16.7 Å². The van der Waals surface area contributed by atoms with E-state index in [0.717, 1.165) is 21.1 Å². The summed E-state index contributed by atoms with van der Waals surface area (Å²) in [5, 5.41) is 3.18. The zero-order chi connectivity index (χ0) is 15.3. The van der Waals surface area contributed by atoms with Gasteiger partial charge in [0.2, 0.25) is 0 Å². The summed E-state index contributed by atoms with van der Waals surface area (Å²) in [7, 11) is 2.02.